The lowest BCUT2D eigenvalue weighted by atomic mass is 10.2. The SMILES string of the molecule is Cc1cc(C(=O)NCc2ccccc2)sc1C#CCCO. The van der Waals surface area contributed by atoms with E-state index in [-0.39, 0.29) is 12.5 Å². The highest BCUT2D eigenvalue weighted by Crippen LogP contribution is 2.21. The minimum Gasteiger partial charge on any atom is -0.395 e. The van der Waals surface area contributed by atoms with Crippen LogP contribution in [0.4, 0.5) is 0 Å². The van der Waals surface area contributed by atoms with E-state index in [4.69, 9.17) is 5.11 Å². The summed E-state index contributed by atoms with van der Waals surface area (Å²) < 4.78 is 0. The van der Waals surface area contributed by atoms with Gasteiger partial charge in [-0.15, -0.1) is 11.3 Å². The van der Waals surface area contributed by atoms with Gasteiger partial charge in [-0.2, -0.15) is 0 Å². The van der Waals surface area contributed by atoms with E-state index < -0.39 is 0 Å². The molecule has 0 aliphatic heterocycles. The second kappa shape index (κ2) is 7.63. The standard InChI is InChI=1S/C17H17NO2S/c1-13-11-16(21-15(13)9-5-6-10-19)17(20)18-12-14-7-3-2-4-8-14/h2-4,7-8,11,19H,6,10,12H2,1H3,(H,18,20). The summed E-state index contributed by atoms with van der Waals surface area (Å²) in [7, 11) is 0. The Labute approximate surface area is 128 Å². The quantitative estimate of drug-likeness (QED) is 0.853. The molecule has 1 amide bonds. The maximum Gasteiger partial charge on any atom is 0.261 e. The van der Waals surface area contributed by atoms with Crippen molar-refractivity contribution in [3.05, 3.63) is 57.3 Å². The zero-order valence-corrected chi connectivity index (χ0v) is 12.7. The van der Waals surface area contributed by atoms with Gasteiger partial charge in [0.2, 0.25) is 0 Å². The lowest BCUT2D eigenvalue weighted by molar-refractivity contribution is 0.0955. The van der Waals surface area contributed by atoms with E-state index in [1.807, 2.05) is 43.3 Å². The van der Waals surface area contributed by atoms with Crippen LogP contribution in [0.2, 0.25) is 0 Å². The predicted octanol–water partition coefficient (Wildman–Crippen LogP) is 2.72. The highest BCUT2D eigenvalue weighted by atomic mass is 32.1. The average molecular weight is 299 g/mol. The van der Waals surface area contributed by atoms with Gasteiger partial charge in [-0.05, 0) is 24.1 Å². The molecule has 0 fully saturated rings. The number of aliphatic hydroxyl groups excluding tert-OH is 1. The Kier molecular flexibility index (Phi) is 5.56. The van der Waals surface area contributed by atoms with Gasteiger partial charge >= 0.3 is 0 Å². The molecule has 1 aromatic heterocycles. The molecule has 2 rings (SSSR count). The fourth-order valence-electron chi connectivity index (χ4n) is 1.78. The summed E-state index contributed by atoms with van der Waals surface area (Å²) in [6.45, 7) is 2.51. The zero-order valence-electron chi connectivity index (χ0n) is 11.8. The van der Waals surface area contributed by atoms with Crippen molar-refractivity contribution in [1.29, 1.82) is 0 Å². The van der Waals surface area contributed by atoms with Crippen molar-refractivity contribution in [3.8, 4) is 11.8 Å². The van der Waals surface area contributed by atoms with Crippen LogP contribution in [0.25, 0.3) is 0 Å². The maximum atomic E-state index is 12.1. The van der Waals surface area contributed by atoms with E-state index in [2.05, 4.69) is 17.2 Å². The number of thiophene rings is 1. The molecule has 1 heterocycles. The van der Waals surface area contributed by atoms with Crippen LogP contribution in [0.3, 0.4) is 0 Å². The first-order chi connectivity index (χ1) is 10.2. The summed E-state index contributed by atoms with van der Waals surface area (Å²) in [5.74, 6) is 5.79. The average Bonchev–Trinajstić information content (AvgIpc) is 2.87. The van der Waals surface area contributed by atoms with Crippen molar-refractivity contribution in [2.24, 2.45) is 0 Å². The Morgan fingerprint density at radius 1 is 1.33 bits per heavy atom. The molecule has 0 spiro atoms. The third-order valence-electron chi connectivity index (χ3n) is 2.88. The van der Waals surface area contributed by atoms with Gasteiger partial charge < -0.3 is 10.4 Å². The first-order valence-electron chi connectivity index (χ1n) is 6.73. The molecule has 0 saturated carbocycles. The second-order valence-electron chi connectivity index (χ2n) is 4.57. The minimum absolute atomic E-state index is 0.0574. The fraction of sp³-hybridized carbons (Fsp3) is 0.235. The van der Waals surface area contributed by atoms with E-state index in [1.54, 1.807) is 0 Å². The van der Waals surface area contributed by atoms with E-state index in [1.165, 1.54) is 11.3 Å². The van der Waals surface area contributed by atoms with Crippen LogP contribution in [-0.2, 0) is 6.54 Å². The van der Waals surface area contributed by atoms with Crippen molar-refractivity contribution >= 4 is 17.2 Å². The van der Waals surface area contributed by atoms with E-state index >= 15 is 0 Å². The van der Waals surface area contributed by atoms with Gasteiger partial charge in [-0.3, -0.25) is 4.79 Å². The van der Waals surface area contributed by atoms with Crippen LogP contribution in [0.15, 0.2) is 36.4 Å². The molecule has 0 saturated heterocycles. The van der Waals surface area contributed by atoms with Crippen LogP contribution in [0.5, 0.6) is 0 Å². The number of rotatable bonds is 4. The Bertz CT molecular complexity index is 665. The van der Waals surface area contributed by atoms with E-state index in [9.17, 15) is 4.79 Å². The molecule has 0 bridgehead atoms. The summed E-state index contributed by atoms with van der Waals surface area (Å²) in [4.78, 5) is 13.7. The number of amides is 1. The first kappa shape index (κ1) is 15.3. The van der Waals surface area contributed by atoms with Crippen LogP contribution in [0, 0.1) is 18.8 Å². The molecule has 0 aliphatic rings. The summed E-state index contributed by atoms with van der Waals surface area (Å²) in [5.41, 5.74) is 2.07. The van der Waals surface area contributed by atoms with Crippen LogP contribution in [-0.4, -0.2) is 17.6 Å². The highest BCUT2D eigenvalue weighted by Gasteiger charge is 2.11. The molecule has 108 valence electrons. The molecule has 4 heteroatoms. The molecule has 0 atom stereocenters. The van der Waals surface area contributed by atoms with E-state index in [0.717, 1.165) is 16.0 Å². The molecule has 2 aromatic rings. The number of hydrogen-bond acceptors (Lipinski definition) is 3. The molecule has 0 aliphatic carbocycles. The molecule has 1 aromatic carbocycles. The Balaban J connectivity index is 2.00. The third-order valence-corrected chi connectivity index (χ3v) is 4.03. The predicted molar refractivity (Wildman–Crippen MR) is 85.2 cm³/mol. The normalized spacial score (nSPS) is 9.81. The number of aryl methyl sites for hydroxylation is 1. The summed E-state index contributed by atoms with van der Waals surface area (Å²) >= 11 is 1.39. The zero-order chi connectivity index (χ0) is 15.1. The molecular weight excluding hydrogens is 282 g/mol. The third kappa shape index (κ3) is 4.45. The lowest BCUT2D eigenvalue weighted by Gasteiger charge is -2.03. The van der Waals surface area contributed by atoms with Crippen molar-refractivity contribution in [2.45, 2.75) is 19.9 Å². The number of benzene rings is 1. The first-order valence-corrected chi connectivity index (χ1v) is 7.54. The van der Waals surface area contributed by atoms with Gasteiger partial charge in [-0.25, -0.2) is 0 Å². The van der Waals surface area contributed by atoms with Gasteiger partial charge in [0.05, 0.1) is 16.4 Å². The van der Waals surface area contributed by atoms with Crippen molar-refractivity contribution in [1.82, 2.24) is 5.32 Å². The molecule has 3 nitrogen and oxygen atoms in total. The van der Waals surface area contributed by atoms with Crippen LogP contribution >= 0.6 is 11.3 Å². The van der Waals surface area contributed by atoms with E-state index in [0.29, 0.717) is 17.8 Å². The summed E-state index contributed by atoms with van der Waals surface area (Å²) in [5, 5.41) is 11.6. The molecular formula is C17H17NO2S. The monoisotopic (exact) mass is 299 g/mol. The van der Waals surface area contributed by atoms with Gasteiger partial charge in [0.25, 0.3) is 5.91 Å². The summed E-state index contributed by atoms with van der Waals surface area (Å²) in [6, 6.07) is 11.7. The van der Waals surface area contributed by atoms with Crippen LogP contribution in [0.1, 0.15) is 32.1 Å². The highest BCUT2D eigenvalue weighted by molar-refractivity contribution is 7.14. The lowest BCUT2D eigenvalue weighted by Crippen LogP contribution is -2.21. The largest absolute Gasteiger partial charge is 0.395 e. The minimum atomic E-state index is -0.0813. The van der Waals surface area contributed by atoms with Crippen LogP contribution < -0.4 is 5.32 Å². The topological polar surface area (TPSA) is 49.3 Å². The maximum absolute atomic E-state index is 12.1. The number of hydrogen-bond donors (Lipinski definition) is 2. The number of aliphatic hydroxyl groups is 1. The van der Waals surface area contributed by atoms with Crippen molar-refractivity contribution < 1.29 is 9.90 Å². The van der Waals surface area contributed by atoms with Gasteiger partial charge in [0.15, 0.2) is 0 Å². The van der Waals surface area contributed by atoms with Gasteiger partial charge in [0.1, 0.15) is 0 Å². The fourth-order valence-corrected chi connectivity index (χ4v) is 2.75. The Morgan fingerprint density at radius 3 is 2.81 bits per heavy atom. The smallest absolute Gasteiger partial charge is 0.261 e. The summed E-state index contributed by atoms with van der Waals surface area (Å²) in [6.07, 6.45) is 0.451. The molecule has 2 N–H and O–H groups in total. The Morgan fingerprint density at radius 2 is 2.10 bits per heavy atom. The van der Waals surface area contributed by atoms with Crippen molar-refractivity contribution in [2.75, 3.05) is 6.61 Å². The number of carbonyl (C=O) groups excluding carboxylic acids is 1. The molecule has 0 radical (unpaired) electrons. The van der Waals surface area contributed by atoms with Gasteiger partial charge in [-0.1, -0.05) is 42.2 Å². The molecule has 0 unspecified atom stereocenters. The molecule has 21 heavy (non-hydrogen) atoms. The number of nitrogens with one attached hydrogen (secondary N) is 1. The number of carbonyl (C=O) groups is 1. The second-order valence-corrected chi connectivity index (χ2v) is 5.62. The Hall–Kier alpha value is -2.09. The van der Waals surface area contributed by atoms with Crippen molar-refractivity contribution in [3.63, 3.8) is 0 Å². The van der Waals surface area contributed by atoms with Gasteiger partial charge in [0, 0.05) is 13.0 Å².